The van der Waals surface area contributed by atoms with Crippen molar-refractivity contribution in [2.45, 2.75) is 6.61 Å². The summed E-state index contributed by atoms with van der Waals surface area (Å²) in [5, 5.41) is 13.8. The number of aliphatic hydroxyl groups is 1. The van der Waals surface area contributed by atoms with Crippen molar-refractivity contribution in [3.8, 4) is 0 Å². The topological polar surface area (TPSA) is 49.3 Å². The quantitative estimate of drug-likeness (QED) is 0.914. The van der Waals surface area contributed by atoms with Gasteiger partial charge in [0.05, 0.1) is 6.61 Å². The summed E-state index contributed by atoms with van der Waals surface area (Å²) in [5.74, 6) is -0.173. The number of thiophene rings is 1. The zero-order valence-electron chi connectivity index (χ0n) is 8.81. The molecule has 0 atom stereocenters. The second-order valence-electron chi connectivity index (χ2n) is 3.37. The number of rotatable bonds is 3. The van der Waals surface area contributed by atoms with E-state index in [2.05, 4.69) is 21.2 Å². The third-order valence-electron chi connectivity index (χ3n) is 2.26. The van der Waals surface area contributed by atoms with Crippen LogP contribution >= 0.6 is 27.3 Å². The van der Waals surface area contributed by atoms with E-state index in [9.17, 15) is 4.79 Å². The maximum absolute atomic E-state index is 12.0. The van der Waals surface area contributed by atoms with E-state index in [1.54, 1.807) is 12.1 Å². The summed E-state index contributed by atoms with van der Waals surface area (Å²) in [5.41, 5.74) is 1.34. The number of carbonyl (C=O) groups excluding carboxylic acids is 1. The first kappa shape index (κ1) is 12.3. The van der Waals surface area contributed by atoms with Crippen LogP contribution in [0.3, 0.4) is 0 Å². The minimum Gasteiger partial charge on any atom is -0.392 e. The van der Waals surface area contributed by atoms with Gasteiger partial charge < -0.3 is 10.4 Å². The van der Waals surface area contributed by atoms with Crippen LogP contribution in [0.4, 0.5) is 5.69 Å². The molecule has 0 fully saturated rings. The Morgan fingerprint density at radius 2 is 2.12 bits per heavy atom. The Balaban J connectivity index is 2.22. The van der Waals surface area contributed by atoms with Gasteiger partial charge in [-0.1, -0.05) is 18.2 Å². The lowest BCUT2D eigenvalue weighted by molar-refractivity contribution is 0.102. The van der Waals surface area contributed by atoms with E-state index in [0.717, 1.165) is 4.47 Å². The zero-order valence-corrected chi connectivity index (χ0v) is 11.2. The van der Waals surface area contributed by atoms with Gasteiger partial charge >= 0.3 is 0 Å². The Hall–Kier alpha value is -1.17. The Morgan fingerprint density at radius 3 is 2.76 bits per heavy atom. The van der Waals surface area contributed by atoms with Crippen molar-refractivity contribution < 1.29 is 9.90 Å². The smallest absolute Gasteiger partial charge is 0.266 e. The molecular weight excluding hydrogens is 302 g/mol. The second kappa shape index (κ2) is 5.44. The molecule has 0 radical (unpaired) electrons. The minimum absolute atomic E-state index is 0.0952. The Morgan fingerprint density at radius 1 is 1.35 bits per heavy atom. The van der Waals surface area contributed by atoms with E-state index in [-0.39, 0.29) is 12.5 Å². The van der Waals surface area contributed by atoms with Crippen molar-refractivity contribution in [2.24, 2.45) is 0 Å². The van der Waals surface area contributed by atoms with Crippen LogP contribution in [-0.2, 0) is 6.61 Å². The van der Waals surface area contributed by atoms with Crippen LogP contribution < -0.4 is 5.32 Å². The maximum Gasteiger partial charge on any atom is 0.266 e. The first-order valence-corrected chi connectivity index (χ1v) is 6.62. The third kappa shape index (κ3) is 2.74. The van der Waals surface area contributed by atoms with E-state index in [1.807, 2.05) is 23.6 Å². The molecule has 1 aromatic heterocycles. The average molecular weight is 312 g/mol. The number of halogens is 1. The van der Waals surface area contributed by atoms with Crippen LogP contribution in [0.15, 0.2) is 40.2 Å². The molecule has 88 valence electrons. The van der Waals surface area contributed by atoms with Crippen molar-refractivity contribution in [3.63, 3.8) is 0 Å². The van der Waals surface area contributed by atoms with Crippen molar-refractivity contribution in [1.29, 1.82) is 0 Å². The standard InChI is InChI=1S/C12H10BrNO2S/c13-9-5-6-17-11(9)12(16)14-10-4-2-1-3-8(10)7-15/h1-6,15H,7H2,(H,14,16). The van der Waals surface area contributed by atoms with Gasteiger partial charge in [-0.25, -0.2) is 0 Å². The van der Waals surface area contributed by atoms with E-state index in [1.165, 1.54) is 11.3 Å². The summed E-state index contributed by atoms with van der Waals surface area (Å²) in [6.07, 6.45) is 0. The number of hydrogen-bond donors (Lipinski definition) is 2. The molecule has 0 saturated carbocycles. The number of benzene rings is 1. The number of para-hydroxylation sites is 1. The number of aliphatic hydroxyl groups excluding tert-OH is 1. The van der Waals surface area contributed by atoms with E-state index in [0.29, 0.717) is 16.1 Å². The fourth-order valence-electron chi connectivity index (χ4n) is 1.41. The SMILES string of the molecule is O=C(Nc1ccccc1CO)c1sccc1Br. The van der Waals surface area contributed by atoms with Crippen LogP contribution in [0.1, 0.15) is 15.2 Å². The molecule has 2 rings (SSSR count). The summed E-state index contributed by atoms with van der Waals surface area (Å²) in [6.45, 7) is -0.0952. The molecule has 0 unspecified atom stereocenters. The Bertz CT molecular complexity index is 539. The molecule has 0 bridgehead atoms. The summed E-state index contributed by atoms with van der Waals surface area (Å²) >= 11 is 4.68. The number of hydrogen-bond acceptors (Lipinski definition) is 3. The van der Waals surface area contributed by atoms with Crippen molar-refractivity contribution >= 4 is 38.9 Å². The largest absolute Gasteiger partial charge is 0.392 e. The molecule has 3 nitrogen and oxygen atoms in total. The highest BCUT2D eigenvalue weighted by Crippen LogP contribution is 2.24. The van der Waals surface area contributed by atoms with E-state index in [4.69, 9.17) is 5.11 Å². The van der Waals surface area contributed by atoms with Crippen LogP contribution in [0.25, 0.3) is 0 Å². The molecule has 17 heavy (non-hydrogen) atoms. The van der Waals surface area contributed by atoms with Crippen LogP contribution in [-0.4, -0.2) is 11.0 Å². The summed E-state index contributed by atoms with van der Waals surface area (Å²) in [4.78, 5) is 12.6. The van der Waals surface area contributed by atoms with Gasteiger partial charge in [-0.15, -0.1) is 11.3 Å². The molecule has 1 amide bonds. The van der Waals surface area contributed by atoms with Gasteiger partial charge in [-0.05, 0) is 33.4 Å². The van der Waals surface area contributed by atoms with Gasteiger partial charge in [0, 0.05) is 15.7 Å². The van der Waals surface area contributed by atoms with Crippen LogP contribution in [0.5, 0.6) is 0 Å². The van der Waals surface area contributed by atoms with Crippen LogP contribution in [0.2, 0.25) is 0 Å². The molecule has 0 spiro atoms. The predicted octanol–water partition coefficient (Wildman–Crippen LogP) is 3.26. The zero-order chi connectivity index (χ0) is 12.3. The lowest BCUT2D eigenvalue weighted by atomic mass is 10.2. The fourth-order valence-corrected chi connectivity index (χ4v) is 2.86. The molecule has 5 heteroatoms. The Kier molecular flexibility index (Phi) is 3.93. The highest BCUT2D eigenvalue weighted by molar-refractivity contribution is 9.10. The van der Waals surface area contributed by atoms with Gasteiger partial charge in [0.1, 0.15) is 4.88 Å². The lowest BCUT2D eigenvalue weighted by Gasteiger charge is -2.08. The lowest BCUT2D eigenvalue weighted by Crippen LogP contribution is -2.12. The highest BCUT2D eigenvalue weighted by Gasteiger charge is 2.12. The molecular formula is C12H10BrNO2S. The molecule has 1 heterocycles. The van der Waals surface area contributed by atoms with Gasteiger partial charge in [0.2, 0.25) is 0 Å². The van der Waals surface area contributed by atoms with Crippen LogP contribution in [0, 0.1) is 0 Å². The molecule has 0 saturated heterocycles. The van der Waals surface area contributed by atoms with Crippen molar-refractivity contribution in [2.75, 3.05) is 5.32 Å². The molecule has 1 aromatic carbocycles. The molecule has 2 aromatic rings. The van der Waals surface area contributed by atoms with Gasteiger partial charge in [-0.3, -0.25) is 4.79 Å². The number of anilines is 1. The first-order valence-electron chi connectivity index (χ1n) is 4.95. The summed E-state index contributed by atoms with van der Waals surface area (Å²) in [6, 6.07) is 9.02. The predicted molar refractivity (Wildman–Crippen MR) is 72.3 cm³/mol. The average Bonchev–Trinajstić information content (AvgIpc) is 2.76. The third-order valence-corrected chi connectivity index (χ3v) is 4.10. The van der Waals surface area contributed by atoms with E-state index < -0.39 is 0 Å². The highest BCUT2D eigenvalue weighted by atomic mass is 79.9. The fraction of sp³-hybridized carbons (Fsp3) is 0.0833. The summed E-state index contributed by atoms with van der Waals surface area (Å²) < 4.78 is 0.779. The molecule has 2 N–H and O–H groups in total. The maximum atomic E-state index is 12.0. The van der Waals surface area contributed by atoms with Gasteiger partial charge in [0.15, 0.2) is 0 Å². The van der Waals surface area contributed by atoms with Gasteiger partial charge in [0.25, 0.3) is 5.91 Å². The molecule has 0 aliphatic heterocycles. The number of nitrogens with one attached hydrogen (secondary N) is 1. The molecule has 0 aliphatic rings. The van der Waals surface area contributed by atoms with Crippen molar-refractivity contribution in [1.82, 2.24) is 0 Å². The normalized spacial score (nSPS) is 10.2. The second-order valence-corrected chi connectivity index (χ2v) is 5.14. The summed E-state index contributed by atoms with van der Waals surface area (Å²) in [7, 11) is 0. The van der Waals surface area contributed by atoms with E-state index >= 15 is 0 Å². The number of carbonyl (C=O) groups is 1. The number of amides is 1. The van der Waals surface area contributed by atoms with Gasteiger partial charge in [-0.2, -0.15) is 0 Å². The molecule has 0 aliphatic carbocycles. The monoisotopic (exact) mass is 311 g/mol. The minimum atomic E-state index is -0.173. The van der Waals surface area contributed by atoms with Crippen molar-refractivity contribution in [3.05, 3.63) is 50.6 Å². The first-order chi connectivity index (χ1) is 8.22. The Labute approximate surface area is 111 Å².